The van der Waals surface area contributed by atoms with Crippen molar-refractivity contribution in [1.82, 2.24) is 25.2 Å². The fourth-order valence-corrected chi connectivity index (χ4v) is 3.36. The molecule has 8 nitrogen and oxygen atoms in total. The van der Waals surface area contributed by atoms with Gasteiger partial charge in [0.2, 0.25) is 5.91 Å². The summed E-state index contributed by atoms with van der Waals surface area (Å²) in [5.74, 6) is 0.655. The van der Waals surface area contributed by atoms with E-state index in [1.165, 1.54) is 27.9 Å². The maximum Gasteiger partial charge on any atom is 0.230 e. The van der Waals surface area contributed by atoms with Gasteiger partial charge < -0.3 is 10.1 Å². The topological polar surface area (TPSA) is 94.8 Å². The number of amides is 1. The van der Waals surface area contributed by atoms with Crippen molar-refractivity contribution in [3.63, 3.8) is 0 Å². The van der Waals surface area contributed by atoms with E-state index in [1.807, 2.05) is 54.8 Å². The molecule has 0 spiro atoms. The van der Waals surface area contributed by atoms with Crippen LogP contribution in [0.3, 0.4) is 0 Å². The summed E-state index contributed by atoms with van der Waals surface area (Å²) in [5, 5.41) is 16.7. The van der Waals surface area contributed by atoms with Gasteiger partial charge in [-0.2, -0.15) is 0 Å². The zero-order valence-electron chi connectivity index (χ0n) is 15.6. The number of nitrogens with one attached hydrogen (secondary N) is 1. The van der Waals surface area contributed by atoms with Crippen LogP contribution in [-0.4, -0.2) is 31.1 Å². The molecule has 0 aliphatic heterocycles. The van der Waals surface area contributed by atoms with E-state index in [2.05, 4.69) is 25.8 Å². The SMILES string of the molecule is Cc1ccc(OCc2nc(CC(=O)Nc3cccc(-n4cnnn4)c3)cs2)cc1. The van der Waals surface area contributed by atoms with Gasteiger partial charge in [-0.3, -0.25) is 4.79 Å². The van der Waals surface area contributed by atoms with Gasteiger partial charge in [0, 0.05) is 11.1 Å². The predicted molar refractivity (Wildman–Crippen MR) is 109 cm³/mol. The van der Waals surface area contributed by atoms with Crippen LogP contribution in [0.5, 0.6) is 5.75 Å². The summed E-state index contributed by atoms with van der Waals surface area (Å²) >= 11 is 1.48. The number of thiazole rings is 1. The van der Waals surface area contributed by atoms with E-state index in [1.54, 1.807) is 6.07 Å². The lowest BCUT2D eigenvalue weighted by Gasteiger charge is -2.06. The normalized spacial score (nSPS) is 10.7. The van der Waals surface area contributed by atoms with E-state index in [0.717, 1.165) is 16.4 Å². The number of aryl methyl sites for hydroxylation is 1. The number of rotatable bonds is 7. The number of carbonyl (C=O) groups excluding carboxylic acids is 1. The molecule has 0 saturated carbocycles. The highest BCUT2D eigenvalue weighted by Gasteiger charge is 2.10. The number of aromatic nitrogens is 5. The monoisotopic (exact) mass is 406 g/mol. The molecular formula is C20H18N6O2S. The number of benzene rings is 2. The largest absolute Gasteiger partial charge is 0.486 e. The predicted octanol–water partition coefficient (Wildman–Crippen LogP) is 3.19. The third kappa shape index (κ3) is 5.02. The maximum absolute atomic E-state index is 12.4. The Morgan fingerprint density at radius 1 is 1.21 bits per heavy atom. The molecule has 4 rings (SSSR count). The first-order chi connectivity index (χ1) is 14.2. The number of carbonyl (C=O) groups is 1. The Hall–Kier alpha value is -3.59. The van der Waals surface area contributed by atoms with Gasteiger partial charge in [0.05, 0.1) is 17.8 Å². The Kier molecular flexibility index (Phi) is 5.57. The summed E-state index contributed by atoms with van der Waals surface area (Å²) in [6.07, 6.45) is 1.69. The molecule has 0 radical (unpaired) electrons. The van der Waals surface area contributed by atoms with Crippen molar-refractivity contribution in [2.75, 3.05) is 5.32 Å². The Bertz CT molecular complexity index is 1090. The fourth-order valence-electron chi connectivity index (χ4n) is 2.65. The molecule has 0 bridgehead atoms. The quantitative estimate of drug-likeness (QED) is 0.506. The highest BCUT2D eigenvalue weighted by molar-refractivity contribution is 7.09. The van der Waals surface area contributed by atoms with Gasteiger partial charge in [0.15, 0.2) is 0 Å². The van der Waals surface area contributed by atoms with E-state index in [9.17, 15) is 4.79 Å². The molecule has 9 heteroatoms. The van der Waals surface area contributed by atoms with Gasteiger partial charge >= 0.3 is 0 Å². The maximum atomic E-state index is 12.4. The zero-order valence-corrected chi connectivity index (χ0v) is 16.5. The number of hydrogen-bond acceptors (Lipinski definition) is 7. The minimum Gasteiger partial charge on any atom is -0.486 e. The summed E-state index contributed by atoms with van der Waals surface area (Å²) in [5.41, 5.74) is 3.33. The molecule has 0 atom stereocenters. The lowest BCUT2D eigenvalue weighted by Crippen LogP contribution is -2.15. The summed E-state index contributed by atoms with van der Waals surface area (Å²) < 4.78 is 7.26. The summed E-state index contributed by atoms with van der Waals surface area (Å²) in [7, 11) is 0. The lowest BCUT2D eigenvalue weighted by atomic mass is 10.2. The minimum absolute atomic E-state index is 0.143. The van der Waals surface area contributed by atoms with E-state index in [4.69, 9.17) is 4.74 Å². The van der Waals surface area contributed by atoms with Crippen LogP contribution >= 0.6 is 11.3 Å². The van der Waals surface area contributed by atoms with Crippen molar-refractivity contribution in [3.05, 3.63) is 76.5 Å². The van der Waals surface area contributed by atoms with E-state index >= 15 is 0 Å². The molecule has 0 aliphatic carbocycles. The van der Waals surface area contributed by atoms with Gasteiger partial charge in [0.1, 0.15) is 23.7 Å². The molecule has 0 unspecified atom stereocenters. The second-order valence-electron chi connectivity index (χ2n) is 6.36. The first-order valence-electron chi connectivity index (χ1n) is 8.92. The molecule has 0 fully saturated rings. The van der Waals surface area contributed by atoms with Gasteiger partial charge in [0.25, 0.3) is 0 Å². The molecule has 0 saturated heterocycles. The molecule has 2 heterocycles. The Labute approximate surface area is 171 Å². The lowest BCUT2D eigenvalue weighted by molar-refractivity contribution is -0.115. The molecule has 29 heavy (non-hydrogen) atoms. The summed E-state index contributed by atoms with van der Waals surface area (Å²) in [4.78, 5) is 16.9. The molecule has 0 aliphatic rings. The Balaban J connectivity index is 1.32. The number of nitrogens with zero attached hydrogens (tertiary/aromatic N) is 5. The molecule has 2 aromatic carbocycles. The standard InChI is InChI=1S/C20H18N6O2S/c1-14-5-7-18(8-6-14)28-11-20-23-16(12-29-20)10-19(27)22-15-3-2-4-17(9-15)26-13-21-24-25-26/h2-9,12-13H,10-11H2,1H3,(H,22,27). The van der Waals surface area contributed by atoms with Gasteiger partial charge in [-0.15, -0.1) is 16.4 Å². The van der Waals surface area contributed by atoms with Crippen molar-refractivity contribution in [3.8, 4) is 11.4 Å². The molecule has 146 valence electrons. The zero-order chi connectivity index (χ0) is 20.1. The first-order valence-corrected chi connectivity index (χ1v) is 9.80. The van der Waals surface area contributed by atoms with Crippen LogP contribution in [0, 0.1) is 6.92 Å². The van der Waals surface area contributed by atoms with E-state index < -0.39 is 0 Å². The van der Waals surface area contributed by atoms with Crippen LogP contribution in [0.4, 0.5) is 5.69 Å². The number of anilines is 1. The molecule has 1 N–H and O–H groups in total. The summed E-state index contributed by atoms with van der Waals surface area (Å²) in [6, 6.07) is 15.2. The van der Waals surface area contributed by atoms with Crippen LogP contribution in [0.25, 0.3) is 5.69 Å². The van der Waals surface area contributed by atoms with Crippen molar-refractivity contribution in [1.29, 1.82) is 0 Å². The number of hydrogen-bond donors (Lipinski definition) is 1. The average molecular weight is 406 g/mol. The molecule has 2 aromatic heterocycles. The number of ether oxygens (including phenoxy) is 1. The minimum atomic E-state index is -0.143. The molecular weight excluding hydrogens is 388 g/mol. The highest BCUT2D eigenvalue weighted by Crippen LogP contribution is 2.17. The van der Waals surface area contributed by atoms with Gasteiger partial charge in [-0.25, -0.2) is 9.67 Å². The van der Waals surface area contributed by atoms with Crippen LogP contribution in [0.2, 0.25) is 0 Å². The Morgan fingerprint density at radius 3 is 2.86 bits per heavy atom. The second-order valence-corrected chi connectivity index (χ2v) is 7.31. The first kappa shape index (κ1) is 18.8. The van der Waals surface area contributed by atoms with Crippen molar-refractivity contribution < 1.29 is 9.53 Å². The highest BCUT2D eigenvalue weighted by atomic mass is 32.1. The molecule has 4 aromatic rings. The van der Waals surface area contributed by atoms with Gasteiger partial charge in [-0.1, -0.05) is 23.8 Å². The van der Waals surface area contributed by atoms with Crippen molar-refractivity contribution >= 4 is 22.9 Å². The fraction of sp³-hybridized carbons (Fsp3) is 0.150. The Morgan fingerprint density at radius 2 is 2.07 bits per heavy atom. The van der Waals surface area contributed by atoms with Crippen molar-refractivity contribution in [2.45, 2.75) is 20.0 Å². The second kappa shape index (κ2) is 8.61. The van der Waals surface area contributed by atoms with E-state index in [0.29, 0.717) is 18.0 Å². The van der Waals surface area contributed by atoms with Crippen LogP contribution in [0.15, 0.2) is 60.2 Å². The van der Waals surface area contributed by atoms with Crippen LogP contribution < -0.4 is 10.1 Å². The van der Waals surface area contributed by atoms with Crippen LogP contribution in [0.1, 0.15) is 16.3 Å². The van der Waals surface area contributed by atoms with Crippen molar-refractivity contribution in [2.24, 2.45) is 0 Å². The average Bonchev–Trinajstić information content (AvgIpc) is 3.40. The van der Waals surface area contributed by atoms with E-state index in [-0.39, 0.29) is 12.3 Å². The van der Waals surface area contributed by atoms with Gasteiger partial charge in [-0.05, 0) is 47.7 Å². The third-order valence-corrected chi connectivity index (χ3v) is 4.94. The summed E-state index contributed by atoms with van der Waals surface area (Å²) in [6.45, 7) is 2.41. The smallest absolute Gasteiger partial charge is 0.230 e. The number of tetrazole rings is 1. The third-order valence-electron chi connectivity index (χ3n) is 4.07. The molecule has 1 amide bonds. The van der Waals surface area contributed by atoms with Crippen LogP contribution in [-0.2, 0) is 17.8 Å².